The van der Waals surface area contributed by atoms with E-state index in [0.29, 0.717) is 0 Å². The van der Waals surface area contributed by atoms with Gasteiger partial charge in [0.15, 0.2) is 0 Å². The summed E-state index contributed by atoms with van der Waals surface area (Å²) in [6.07, 6.45) is 0. The van der Waals surface area contributed by atoms with E-state index in [2.05, 4.69) is 11.7 Å². The van der Waals surface area contributed by atoms with Gasteiger partial charge in [-0.2, -0.15) is 0 Å². The normalized spacial score (nSPS) is 8.25. The van der Waals surface area contributed by atoms with E-state index in [1.165, 1.54) is 0 Å². The summed E-state index contributed by atoms with van der Waals surface area (Å²) in [6.45, 7) is 0. The Kier molecular flexibility index (Phi) is 4.56. The molecule has 0 heterocycles. The maximum absolute atomic E-state index is 9.16. The van der Waals surface area contributed by atoms with E-state index in [1.807, 2.05) is 0 Å². The number of thiol groups is 1. The molecule has 0 aliphatic rings. The second-order valence-electron chi connectivity index (χ2n) is 0.156. The van der Waals surface area contributed by atoms with Crippen LogP contribution < -0.4 is 0 Å². The Morgan fingerprint density at radius 1 is 2.00 bits per heavy atom. The molecule has 0 aliphatic carbocycles. The van der Waals surface area contributed by atoms with Gasteiger partial charge in [0, 0.05) is 10.4 Å². The summed E-state index contributed by atoms with van der Waals surface area (Å²) < 4.78 is 9.16. The topological polar surface area (TPSA) is 17.1 Å². The molecular formula is HOPS2. The maximum Gasteiger partial charge on any atom is 0.238 e. The second-order valence-corrected chi connectivity index (χ2v) is 2.88. The van der Waals surface area contributed by atoms with Crippen molar-refractivity contribution in [3.05, 3.63) is 0 Å². The molecule has 0 fully saturated rings. The van der Waals surface area contributed by atoms with Gasteiger partial charge in [0.2, 0.25) is 7.66 Å². The number of hydrogen-bond donors (Lipinski definition) is 1. The summed E-state index contributed by atoms with van der Waals surface area (Å²) in [7, 11) is 0.997. The Balaban J connectivity index is 2.30. The Hall–Kier alpha value is 0.800. The average molecular weight is 112 g/mol. The van der Waals surface area contributed by atoms with Crippen molar-refractivity contribution in [3.8, 4) is 0 Å². The van der Waals surface area contributed by atoms with E-state index >= 15 is 0 Å². The molecule has 0 aromatic carbocycles. The van der Waals surface area contributed by atoms with Gasteiger partial charge in [-0.25, -0.2) is 0 Å². The van der Waals surface area contributed by atoms with E-state index in [-0.39, 0.29) is 7.66 Å². The van der Waals surface area contributed by atoms with Crippen LogP contribution in [-0.4, -0.2) is 0 Å². The van der Waals surface area contributed by atoms with Gasteiger partial charge >= 0.3 is 0 Å². The van der Waals surface area contributed by atoms with E-state index < -0.39 is 0 Å². The summed E-state index contributed by atoms with van der Waals surface area (Å²) in [5, 5.41) is 0. The molecule has 24 valence electrons. The quantitative estimate of drug-likeness (QED) is 0.316. The molecule has 0 amide bonds. The van der Waals surface area contributed by atoms with Crippen LogP contribution in [0.4, 0.5) is 0 Å². The van der Waals surface area contributed by atoms with Crippen LogP contribution in [0.5, 0.6) is 0 Å². The molecule has 0 rings (SSSR count). The lowest BCUT2D eigenvalue weighted by atomic mass is 16.0. The van der Waals surface area contributed by atoms with Gasteiger partial charge in [0.1, 0.15) is 0 Å². The summed E-state index contributed by atoms with van der Waals surface area (Å²) in [5.41, 5.74) is 0. The molecule has 0 aromatic rings. The zero-order valence-electron chi connectivity index (χ0n) is 1.71. The van der Waals surface area contributed by atoms with Crippen LogP contribution in [0, 0.1) is 0 Å². The average Bonchev–Trinajstić information content (AvgIpc) is 1.37. The highest BCUT2D eigenvalue weighted by Crippen LogP contribution is 2.19. The minimum atomic E-state index is 0.0293. The fourth-order valence-electron chi connectivity index (χ4n) is 0. The Morgan fingerprint density at radius 3 is 2.25 bits per heavy atom. The fourth-order valence-corrected chi connectivity index (χ4v) is 0. The first-order chi connectivity index (χ1) is 1.91. The van der Waals surface area contributed by atoms with Crippen LogP contribution in [0.15, 0.2) is 0 Å². The van der Waals surface area contributed by atoms with Crippen molar-refractivity contribution in [2.75, 3.05) is 0 Å². The Morgan fingerprint density at radius 2 is 2.25 bits per heavy atom. The molecule has 0 aliphatic heterocycles. The predicted octanol–water partition coefficient (Wildman–Crippen LogP) is 1.77. The maximum atomic E-state index is 9.16. The molecule has 0 saturated heterocycles. The first-order valence-electron chi connectivity index (χ1n) is 0.548. The zero-order valence-corrected chi connectivity index (χ0v) is 4.32. The molecule has 1 nitrogen and oxygen atoms in total. The third kappa shape index (κ3) is 2.80. The lowest BCUT2D eigenvalue weighted by Crippen LogP contribution is -0.896. The van der Waals surface area contributed by atoms with Crippen LogP contribution in [0.3, 0.4) is 0 Å². The highest BCUT2D eigenvalue weighted by Gasteiger charge is 1.56. The van der Waals surface area contributed by atoms with Crippen LogP contribution in [0.1, 0.15) is 0 Å². The van der Waals surface area contributed by atoms with Crippen LogP contribution in [-0.2, 0) is 4.57 Å². The zero-order chi connectivity index (χ0) is 3.41. The first kappa shape index (κ1) is 4.80. The van der Waals surface area contributed by atoms with Crippen molar-refractivity contribution >= 4 is 29.7 Å². The summed E-state index contributed by atoms with van der Waals surface area (Å²) in [4.78, 5) is 0. The third-order valence-electron chi connectivity index (χ3n) is 0.0333. The molecule has 0 spiro atoms. The summed E-state index contributed by atoms with van der Waals surface area (Å²) in [5.74, 6) is 0. The van der Waals surface area contributed by atoms with Crippen molar-refractivity contribution in [1.82, 2.24) is 0 Å². The molecule has 0 bridgehead atoms. The van der Waals surface area contributed by atoms with Crippen molar-refractivity contribution in [2.45, 2.75) is 0 Å². The summed E-state index contributed by atoms with van der Waals surface area (Å²) in [6, 6.07) is 0. The molecule has 0 aromatic heterocycles. The van der Waals surface area contributed by atoms with E-state index in [0.717, 1.165) is 10.4 Å². The predicted molar refractivity (Wildman–Crippen MR) is 24.2 cm³/mol. The Bertz CT molecular complexity index is 20.0. The number of hydrogen-bond acceptors (Lipinski definition) is 3. The molecule has 0 saturated carbocycles. The van der Waals surface area contributed by atoms with Gasteiger partial charge in [0.25, 0.3) is 0 Å². The smallest absolute Gasteiger partial charge is 0.238 e. The van der Waals surface area contributed by atoms with Crippen LogP contribution in [0.2, 0.25) is 0 Å². The van der Waals surface area contributed by atoms with Crippen molar-refractivity contribution in [3.63, 3.8) is 0 Å². The van der Waals surface area contributed by atoms with E-state index in [1.54, 1.807) is 0 Å². The highest BCUT2D eigenvalue weighted by molar-refractivity contribution is 8.89. The van der Waals surface area contributed by atoms with Gasteiger partial charge < -0.3 is 0 Å². The largest absolute Gasteiger partial charge is 0.261 e. The molecule has 4 heavy (non-hydrogen) atoms. The molecule has 0 radical (unpaired) electrons. The van der Waals surface area contributed by atoms with Gasteiger partial charge in [-0.1, -0.05) is 11.7 Å². The number of rotatable bonds is 1. The highest BCUT2D eigenvalue weighted by atomic mass is 33.3. The third-order valence-corrected chi connectivity index (χ3v) is 0.900. The second kappa shape index (κ2) is 3.80. The molecular weight excluding hydrogens is 111 g/mol. The minimum absolute atomic E-state index is 0.0293. The molecule has 0 N–H and O–H groups in total. The van der Waals surface area contributed by atoms with Gasteiger partial charge in [-0.3, -0.25) is 4.57 Å². The monoisotopic (exact) mass is 112 g/mol. The van der Waals surface area contributed by atoms with Gasteiger partial charge in [-0.05, 0) is 0 Å². The molecule has 4 heteroatoms. The van der Waals surface area contributed by atoms with E-state index in [4.69, 9.17) is 4.57 Å². The van der Waals surface area contributed by atoms with Crippen molar-refractivity contribution in [1.29, 1.82) is 0 Å². The first-order valence-corrected chi connectivity index (χ1v) is 3.83. The summed E-state index contributed by atoms with van der Waals surface area (Å²) >= 11 is 3.51. The Labute approximate surface area is 34.9 Å². The van der Waals surface area contributed by atoms with Crippen LogP contribution in [0.25, 0.3) is 0 Å². The lowest BCUT2D eigenvalue weighted by Gasteiger charge is -1.48. The molecule has 0 atom stereocenters. The van der Waals surface area contributed by atoms with E-state index in [9.17, 15) is 0 Å². The van der Waals surface area contributed by atoms with Crippen molar-refractivity contribution < 1.29 is 4.57 Å². The van der Waals surface area contributed by atoms with Crippen molar-refractivity contribution in [2.24, 2.45) is 0 Å². The fraction of sp³-hybridized carbons (Fsp3) is 0. The minimum Gasteiger partial charge on any atom is -0.261 e. The standard InChI is InChI=1S/HOPS2/c1-2-4-3/h3H. The van der Waals surface area contributed by atoms with Gasteiger partial charge in [-0.15, -0.1) is 0 Å². The molecule has 0 unspecified atom stereocenters. The lowest BCUT2D eigenvalue weighted by molar-refractivity contribution is 0.605. The van der Waals surface area contributed by atoms with Crippen LogP contribution >= 0.6 is 29.7 Å². The SMILES string of the molecule is O=PSS. The van der Waals surface area contributed by atoms with Gasteiger partial charge in [0.05, 0.1) is 0 Å².